The monoisotopic (exact) mass is 299 g/mol. The van der Waals surface area contributed by atoms with E-state index in [-0.39, 0.29) is 5.54 Å². The van der Waals surface area contributed by atoms with Crippen LogP contribution < -0.4 is 0 Å². The molecule has 0 N–H and O–H groups in total. The summed E-state index contributed by atoms with van der Waals surface area (Å²) in [7, 11) is 0. The molecule has 78 valence electrons. The van der Waals surface area contributed by atoms with Crippen molar-refractivity contribution in [1.82, 2.24) is 4.90 Å². The predicted octanol–water partition coefficient (Wildman–Crippen LogP) is 2.88. The van der Waals surface area contributed by atoms with Crippen LogP contribution in [0.15, 0.2) is 0 Å². The predicted molar refractivity (Wildman–Crippen MR) is 63.2 cm³/mol. The molecule has 13 heavy (non-hydrogen) atoms. The SMILES string of the molecule is CC(C)(C)N1CCC(CI)C(F)C1. The highest BCUT2D eigenvalue weighted by atomic mass is 127. The first kappa shape index (κ1) is 11.7. The molecule has 1 aliphatic heterocycles. The van der Waals surface area contributed by atoms with Gasteiger partial charge in [-0.3, -0.25) is 4.90 Å². The van der Waals surface area contributed by atoms with E-state index in [1.807, 2.05) is 0 Å². The molecule has 0 bridgehead atoms. The van der Waals surface area contributed by atoms with Gasteiger partial charge in [-0.1, -0.05) is 22.6 Å². The van der Waals surface area contributed by atoms with Gasteiger partial charge < -0.3 is 0 Å². The molecule has 0 amide bonds. The van der Waals surface area contributed by atoms with Crippen LogP contribution in [0.3, 0.4) is 0 Å². The van der Waals surface area contributed by atoms with Crippen LogP contribution in [0.4, 0.5) is 4.39 Å². The van der Waals surface area contributed by atoms with E-state index in [1.165, 1.54) is 0 Å². The molecule has 1 saturated heterocycles. The quantitative estimate of drug-likeness (QED) is 0.531. The van der Waals surface area contributed by atoms with Crippen LogP contribution in [0.5, 0.6) is 0 Å². The van der Waals surface area contributed by atoms with Gasteiger partial charge in [-0.2, -0.15) is 0 Å². The zero-order chi connectivity index (χ0) is 10.1. The Labute approximate surface area is 94.2 Å². The fraction of sp³-hybridized carbons (Fsp3) is 1.00. The highest BCUT2D eigenvalue weighted by molar-refractivity contribution is 14.1. The van der Waals surface area contributed by atoms with Crippen LogP contribution in [0, 0.1) is 5.92 Å². The van der Waals surface area contributed by atoms with Crippen molar-refractivity contribution >= 4 is 22.6 Å². The highest BCUT2D eigenvalue weighted by Gasteiger charge is 2.33. The first-order valence-electron chi connectivity index (χ1n) is 4.90. The Hall–Kier alpha value is 0.620. The van der Waals surface area contributed by atoms with Gasteiger partial charge in [0.15, 0.2) is 0 Å². The first-order valence-corrected chi connectivity index (χ1v) is 6.43. The number of likely N-dealkylation sites (tertiary alicyclic amines) is 1. The van der Waals surface area contributed by atoms with Crippen LogP contribution >= 0.6 is 22.6 Å². The molecule has 1 nitrogen and oxygen atoms in total. The van der Waals surface area contributed by atoms with E-state index >= 15 is 0 Å². The van der Waals surface area contributed by atoms with Crippen LogP contribution in [0.25, 0.3) is 0 Å². The van der Waals surface area contributed by atoms with E-state index < -0.39 is 6.17 Å². The summed E-state index contributed by atoms with van der Waals surface area (Å²) in [5.41, 5.74) is 0.126. The smallest absolute Gasteiger partial charge is 0.116 e. The largest absolute Gasteiger partial charge is 0.296 e. The molecule has 1 rings (SSSR count). The normalized spacial score (nSPS) is 32.1. The average Bonchev–Trinajstić information content (AvgIpc) is 2.02. The molecule has 0 aliphatic carbocycles. The lowest BCUT2D eigenvalue weighted by Gasteiger charge is -2.42. The van der Waals surface area contributed by atoms with E-state index in [2.05, 4.69) is 48.3 Å². The van der Waals surface area contributed by atoms with E-state index in [4.69, 9.17) is 0 Å². The van der Waals surface area contributed by atoms with Gasteiger partial charge in [-0.25, -0.2) is 4.39 Å². The minimum absolute atomic E-state index is 0.126. The van der Waals surface area contributed by atoms with Gasteiger partial charge in [0, 0.05) is 22.4 Å². The maximum absolute atomic E-state index is 13.6. The zero-order valence-electron chi connectivity index (χ0n) is 8.69. The summed E-state index contributed by atoms with van der Waals surface area (Å²) in [5.74, 6) is 0.291. The minimum atomic E-state index is -0.620. The van der Waals surface area contributed by atoms with Gasteiger partial charge in [0.2, 0.25) is 0 Å². The zero-order valence-corrected chi connectivity index (χ0v) is 10.8. The van der Waals surface area contributed by atoms with E-state index in [1.54, 1.807) is 0 Å². The fourth-order valence-corrected chi connectivity index (χ4v) is 2.73. The average molecular weight is 299 g/mol. The van der Waals surface area contributed by atoms with Crippen molar-refractivity contribution < 1.29 is 4.39 Å². The Kier molecular flexibility index (Phi) is 3.98. The van der Waals surface area contributed by atoms with Crippen molar-refractivity contribution in [3.05, 3.63) is 0 Å². The molecule has 2 atom stereocenters. The Morgan fingerprint density at radius 1 is 1.46 bits per heavy atom. The van der Waals surface area contributed by atoms with E-state index in [0.717, 1.165) is 17.4 Å². The lowest BCUT2D eigenvalue weighted by molar-refractivity contribution is 0.0359. The van der Waals surface area contributed by atoms with Crippen LogP contribution in [0.2, 0.25) is 0 Å². The molecule has 0 spiro atoms. The standard InChI is InChI=1S/C10H19FIN/c1-10(2,3)13-5-4-8(6-12)9(11)7-13/h8-9H,4-7H2,1-3H3. The number of hydrogen-bond donors (Lipinski definition) is 0. The molecule has 0 radical (unpaired) electrons. The lowest BCUT2D eigenvalue weighted by atomic mass is 9.93. The Balaban J connectivity index is 2.51. The second-order valence-electron chi connectivity index (χ2n) is 4.84. The number of rotatable bonds is 1. The fourth-order valence-electron chi connectivity index (χ4n) is 1.74. The maximum atomic E-state index is 13.6. The summed E-state index contributed by atoms with van der Waals surface area (Å²) in [5, 5.41) is 0. The van der Waals surface area contributed by atoms with Crippen LogP contribution in [0.1, 0.15) is 27.2 Å². The third-order valence-electron chi connectivity index (χ3n) is 2.82. The molecular weight excluding hydrogens is 280 g/mol. The molecule has 3 heteroatoms. The van der Waals surface area contributed by atoms with Crippen LogP contribution in [-0.2, 0) is 0 Å². The van der Waals surface area contributed by atoms with E-state index in [9.17, 15) is 4.39 Å². The summed E-state index contributed by atoms with van der Waals surface area (Å²) in [6.07, 6.45) is 0.395. The minimum Gasteiger partial charge on any atom is -0.296 e. The topological polar surface area (TPSA) is 3.24 Å². The van der Waals surface area contributed by atoms with Gasteiger partial charge >= 0.3 is 0 Å². The summed E-state index contributed by atoms with van der Waals surface area (Å²) in [4.78, 5) is 2.25. The number of alkyl halides is 2. The number of nitrogens with zero attached hydrogens (tertiary/aromatic N) is 1. The Morgan fingerprint density at radius 3 is 2.46 bits per heavy atom. The highest BCUT2D eigenvalue weighted by Crippen LogP contribution is 2.27. The van der Waals surface area contributed by atoms with Gasteiger partial charge in [-0.15, -0.1) is 0 Å². The molecule has 0 aromatic rings. The van der Waals surface area contributed by atoms with Gasteiger partial charge in [-0.05, 0) is 33.7 Å². The molecule has 1 aliphatic rings. The van der Waals surface area contributed by atoms with E-state index in [0.29, 0.717) is 12.5 Å². The lowest BCUT2D eigenvalue weighted by Crippen LogP contribution is -2.51. The van der Waals surface area contributed by atoms with Crippen LogP contribution in [-0.4, -0.2) is 34.1 Å². The summed E-state index contributed by atoms with van der Waals surface area (Å²) >= 11 is 2.29. The van der Waals surface area contributed by atoms with Gasteiger partial charge in [0.1, 0.15) is 6.17 Å². The summed E-state index contributed by atoms with van der Waals surface area (Å²) in [6.45, 7) is 8.15. The molecular formula is C10H19FIN. The molecule has 0 aromatic carbocycles. The second-order valence-corrected chi connectivity index (χ2v) is 5.72. The van der Waals surface area contributed by atoms with Gasteiger partial charge in [0.25, 0.3) is 0 Å². The Bertz CT molecular complexity index is 167. The molecule has 2 unspecified atom stereocenters. The molecule has 0 saturated carbocycles. The molecule has 0 aromatic heterocycles. The number of piperidine rings is 1. The van der Waals surface area contributed by atoms with Crippen molar-refractivity contribution in [1.29, 1.82) is 0 Å². The summed E-state index contributed by atoms with van der Waals surface area (Å²) in [6, 6.07) is 0. The number of hydrogen-bond acceptors (Lipinski definition) is 1. The third-order valence-corrected chi connectivity index (χ3v) is 3.95. The third kappa shape index (κ3) is 3.05. The Morgan fingerprint density at radius 2 is 2.08 bits per heavy atom. The number of halogens is 2. The van der Waals surface area contributed by atoms with Crippen molar-refractivity contribution in [2.24, 2.45) is 5.92 Å². The maximum Gasteiger partial charge on any atom is 0.116 e. The van der Waals surface area contributed by atoms with Crippen molar-refractivity contribution in [2.45, 2.75) is 38.9 Å². The second kappa shape index (κ2) is 4.43. The van der Waals surface area contributed by atoms with Crippen molar-refractivity contribution in [2.75, 3.05) is 17.5 Å². The van der Waals surface area contributed by atoms with Crippen molar-refractivity contribution in [3.8, 4) is 0 Å². The summed E-state index contributed by atoms with van der Waals surface area (Å²) < 4.78 is 14.5. The molecule has 1 fully saturated rings. The van der Waals surface area contributed by atoms with Crippen molar-refractivity contribution in [3.63, 3.8) is 0 Å². The van der Waals surface area contributed by atoms with Gasteiger partial charge in [0.05, 0.1) is 0 Å². The molecule has 1 heterocycles. The first-order chi connectivity index (χ1) is 5.95.